The second-order valence-electron chi connectivity index (χ2n) is 9.33. The molecule has 0 aliphatic carbocycles. The highest BCUT2D eigenvalue weighted by atomic mass is 16.5. The van der Waals surface area contributed by atoms with Crippen LogP contribution < -0.4 is 19.7 Å². The molecule has 3 aromatic carbocycles. The quantitative estimate of drug-likeness (QED) is 0.348. The van der Waals surface area contributed by atoms with Gasteiger partial charge >= 0.3 is 5.97 Å². The van der Waals surface area contributed by atoms with E-state index < -0.39 is 17.5 Å². The van der Waals surface area contributed by atoms with Crippen molar-refractivity contribution in [3.8, 4) is 11.5 Å². The van der Waals surface area contributed by atoms with Crippen LogP contribution in [0.15, 0.2) is 78.9 Å². The number of β-lactam (4-membered cyclic amide) rings is 1. The van der Waals surface area contributed by atoms with Gasteiger partial charge < -0.3 is 19.1 Å². The van der Waals surface area contributed by atoms with Crippen molar-refractivity contribution < 1.29 is 23.8 Å². The Morgan fingerprint density at radius 2 is 1.42 bits per heavy atom. The van der Waals surface area contributed by atoms with Gasteiger partial charge in [-0.15, -0.1) is 0 Å². The number of nitrogens with zero attached hydrogens (tertiary/aromatic N) is 1. The number of nitrogens with one attached hydrogen (secondary N) is 1. The topological polar surface area (TPSA) is 77.1 Å². The zero-order chi connectivity index (χ0) is 25.9. The highest BCUT2D eigenvalue weighted by Gasteiger charge is 2.52. The lowest BCUT2D eigenvalue weighted by molar-refractivity contribution is -0.153. The summed E-state index contributed by atoms with van der Waals surface area (Å²) in [6, 6.07) is 23.5. The highest BCUT2D eigenvalue weighted by Crippen LogP contribution is 2.43. The molecule has 0 aromatic heterocycles. The lowest BCUT2D eigenvalue weighted by Gasteiger charge is -2.50. The number of hydrogen-bond acceptors (Lipinski definition) is 6. The summed E-state index contributed by atoms with van der Waals surface area (Å²) in [5.74, 6) is 0.983. The van der Waals surface area contributed by atoms with Gasteiger partial charge in [-0.05, 0) is 61.4 Å². The monoisotopic (exact) mass is 488 g/mol. The summed E-state index contributed by atoms with van der Waals surface area (Å²) in [7, 11) is 4.59. The van der Waals surface area contributed by atoms with E-state index in [-0.39, 0.29) is 17.9 Å². The molecule has 0 spiro atoms. The van der Waals surface area contributed by atoms with Crippen LogP contribution in [0.1, 0.15) is 37.1 Å². The first-order valence-corrected chi connectivity index (χ1v) is 11.8. The van der Waals surface area contributed by atoms with E-state index in [2.05, 4.69) is 5.32 Å². The number of esters is 1. The molecule has 1 heterocycles. The lowest BCUT2D eigenvalue weighted by Crippen LogP contribution is -2.66. The molecule has 0 unspecified atom stereocenters. The number of carbonyl (C=O) groups is 2. The molecule has 36 heavy (non-hydrogen) atoms. The molecule has 0 radical (unpaired) electrons. The molecule has 3 atom stereocenters. The number of hydrogen-bond donors (Lipinski definition) is 1. The van der Waals surface area contributed by atoms with Gasteiger partial charge in [0.25, 0.3) is 0 Å². The van der Waals surface area contributed by atoms with Crippen molar-refractivity contribution in [2.45, 2.75) is 32.0 Å². The van der Waals surface area contributed by atoms with Crippen LogP contribution in [0.2, 0.25) is 0 Å². The summed E-state index contributed by atoms with van der Waals surface area (Å²) in [5, 5.41) is 3.53. The standard InChI is InChI=1S/C29H32N2O5/c1-29(2,28(33)36-5)26(20-11-15-22(34-3)16-12-20)30-24-25(19-9-7-6-8-10-19)31(27(24)32)21-13-17-23(35-4)18-14-21/h6-18,24-26,30H,1-5H3/t24-,25-,26+/m1/s1. The van der Waals surface area contributed by atoms with Crippen LogP contribution >= 0.6 is 0 Å². The normalized spacial score (nSPS) is 18.2. The van der Waals surface area contributed by atoms with Gasteiger partial charge in [0.05, 0.1) is 32.8 Å². The Kier molecular flexibility index (Phi) is 7.31. The van der Waals surface area contributed by atoms with Crippen LogP contribution in [0.4, 0.5) is 5.69 Å². The van der Waals surface area contributed by atoms with Crippen LogP contribution in [0, 0.1) is 5.41 Å². The fourth-order valence-corrected chi connectivity index (χ4v) is 4.75. The van der Waals surface area contributed by atoms with Crippen molar-refractivity contribution in [2.24, 2.45) is 5.41 Å². The summed E-state index contributed by atoms with van der Waals surface area (Å²) in [6.07, 6.45) is 0. The molecule has 7 heteroatoms. The van der Waals surface area contributed by atoms with Gasteiger partial charge in [0, 0.05) is 11.7 Å². The van der Waals surface area contributed by atoms with E-state index in [4.69, 9.17) is 14.2 Å². The second kappa shape index (κ2) is 10.4. The van der Waals surface area contributed by atoms with Gasteiger partial charge in [-0.1, -0.05) is 42.5 Å². The van der Waals surface area contributed by atoms with E-state index in [0.29, 0.717) is 5.75 Å². The maximum atomic E-state index is 13.6. The van der Waals surface area contributed by atoms with Crippen molar-refractivity contribution in [3.05, 3.63) is 90.0 Å². The average molecular weight is 489 g/mol. The van der Waals surface area contributed by atoms with E-state index in [1.807, 2.05) is 92.7 Å². The number of rotatable bonds is 9. The van der Waals surface area contributed by atoms with Crippen molar-refractivity contribution >= 4 is 17.6 Å². The van der Waals surface area contributed by atoms with Gasteiger partial charge in [0.1, 0.15) is 17.5 Å². The minimum Gasteiger partial charge on any atom is -0.497 e. The third kappa shape index (κ3) is 4.66. The summed E-state index contributed by atoms with van der Waals surface area (Å²) >= 11 is 0. The maximum absolute atomic E-state index is 13.6. The summed E-state index contributed by atoms with van der Waals surface area (Å²) in [4.78, 5) is 28.3. The number of benzene rings is 3. The predicted octanol–water partition coefficient (Wildman–Crippen LogP) is 4.69. The molecule has 7 nitrogen and oxygen atoms in total. The molecule has 0 bridgehead atoms. The summed E-state index contributed by atoms with van der Waals surface area (Å²) < 4.78 is 15.7. The molecular weight excluding hydrogens is 456 g/mol. The zero-order valence-electron chi connectivity index (χ0n) is 21.2. The molecule has 1 fully saturated rings. The Labute approximate surface area is 212 Å². The molecule has 3 aromatic rings. The zero-order valence-corrected chi connectivity index (χ0v) is 21.2. The molecule has 0 saturated carbocycles. The molecule has 188 valence electrons. The van der Waals surface area contributed by atoms with Crippen molar-refractivity contribution in [1.82, 2.24) is 5.32 Å². The molecular formula is C29H32N2O5. The van der Waals surface area contributed by atoms with Gasteiger partial charge in [0.15, 0.2) is 0 Å². The van der Waals surface area contributed by atoms with E-state index in [9.17, 15) is 9.59 Å². The van der Waals surface area contributed by atoms with Gasteiger partial charge in [-0.25, -0.2) is 0 Å². The predicted molar refractivity (Wildman–Crippen MR) is 138 cm³/mol. The Bertz CT molecular complexity index is 1190. The number of carbonyl (C=O) groups excluding carboxylic acids is 2. The molecule has 1 saturated heterocycles. The Hall–Kier alpha value is -3.84. The van der Waals surface area contributed by atoms with E-state index in [0.717, 1.165) is 22.6 Å². The average Bonchev–Trinajstić information content (AvgIpc) is 2.92. The van der Waals surface area contributed by atoms with Crippen LogP contribution in [-0.4, -0.2) is 39.2 Å². The first-order valence-electron chi connectivity index (χ1n) is 11.8. The summed E-state index contributed by atoms with van der Waals surface area (Å²) in [5.41, 5.74) is 1.68. The Morgan fingerprint density at radius 1 is 0.861 bits per heavy atom. The maximum Gasteiger partial charge on any atom is 0.313 e. The van der Waals surface area contributed by atoms with Crippen molar-refractivity contribution in [1.29, 1.82) is 0 Å². The van der Waals surface area contributed by atoms with E-state index >= 15 is 0 Å². The third-order valence-electron chi connectivity index (χ3n) is 6.82. The molecule has 1 amide bonds. The Morgan fingerprint density at radius 3 is 1.94 bits per heavy atom. The fraction of sp³-hybridized carbons (Fsp3) is 0.310. The lowest BCUT2D eigenvalue weighted by atomic mass is 9.78. The number of anilines is 1. The Balaban J connectivity index is 1.72. The number of methoxy groups -OCH3 is 3. The first-order chi connectivity index (χ1) is 17.3. The second-order valence-corrected chi connectivity index (χ2v) is 9.33. The van der Waals surface area contributed by atoms with E-state index in [1.54, 1.807) is 19.1 Å². The first kappa shape index (κ1) is 25.3. The fourth-order valence-electron chi connectivity index (χ4n) is 4.75. The summed E-state index contributed by atoms with van der Waals surface area (Å²) in [6.45, 7) is 3.64. The van der Waals surface area contributed by atoms with Crippen LogP contribution in [0.25, 0.3) is 0 Å². The number of amides is 1. The van der Waals surface area contributed by atoms with Crippen LogP contribution in [0.5, 0.6) is 11.5 Å². The SMILES string of the molecule is COC(=O)C(C)(C)[C@@H](N[C@H]1C(=O)N(c2ccc(OC)cc2)[C@@H]1c1ccccc1)c1ccc(OC)cc1. The molecule has 1 aliphatic heterocycles. The molecule has 4 rings (SSSR count). The van der Waals surface area contributed by atoms with Gasteiger partial charge in [-0.3, -0.25) is 14.9 Å². The minimum atomic E-state index is -0.953. The van der Waals surface area contributed by atoms with Crippen LogP contribution in [-0.2, 0) is 14.3 Å². The third-order valence-corrected chi connectivity index (χ3v) is 6.82. The largest absolute Gasteiger partial charge is 0.497 e. The highest BCUT2D eigenvalue weighted by molar-refractivity contribution is 6.06. The molecule has 1 aliphatic rings. The minimum absolute atomic E-state index is 0.0757. The van der Waals surface area contributed by atoms with Gasteiger partial charge in [0.2, 0.25) is 5.91 Å². The van der Waals surface area contributed by atoms with Gasteiger partial charge in [-0.2, -0.15) is 0 Å². The molecule has 1 N–H and O–H groups in total. The number of ether oxygens (including phenoxy) is 3. The van der Waals surface area contributed by atoms with Crippen molar-refractivity contribution in [3.63, 3.8) is 0 Å². The van der Waals surface area contributed by atoms with E-state index in [1.165, 1.54) is 7.11 Å². The smallest absolute Gasteiger partial charge is 0.313 e. The van der Waals surface area contributed by atoms with Crippen LogP contribution in [0.3, 0.4) is 0 Å². The van der Waals surface area contributed by atoms with Crippen molar-refractivity contribution in [2.75, 3.05) is 26.2 Å².